The van der Waals surface area contributed by atoms with E-state index in [1.165, 1.54) is 11.8 Å². The number of carbonyl (C=O) groups is 1. The Hall–Kier alpha value is 0.170. The number of carbonyl (C=O) groups excluding carboxylic acids is 1. The number of rotatable bonds is 1. The number of hydrogen-bond acceptors (Lipinski definition) is 3. The van der Waals surface area contributed by atoms with E-state index in [0.717, 1.165) is 5.08 Å². The zero-order valence-corrected chi connectivity index (χ0v) is 5.76. The predicted molar refractivity (Wildman–Crippen MR) is 34.4 cm³/mol. The highest BCUT2D eigenvalue weighted by atomic mass is 32.2. The highest BCUT2D eigenvalue weighted by molar-refractivity contribution is 8.19. The Kier molecular flexibility index (Phi) is 2.08. The van der Waals surface area contributed by atoms with Gasteiger partial charge in [-0.2, -0.15) is 0 Å². The molecule has 0 aromatic carbocycles. The summed E-state index contributed by atoms with van der Waals surface area (Å²) in [7, 11) is 0. The fourth-order valence-electron chi connectivity index (χ4n) is 0.470. The maximum absolute atomic E-state index is 10.1. The molecule has 1 aliphatic heterocycles. The van der Waals surface area contributed by atoms with Crippen molar-refractivity contribution in [2.45, 2.75) is 5.25 Å². The van der Waals surface area contributed by atoms with Gasteiger partial charge in [0.25, 0.3) is 0 Å². The van der Waals surface area contributed by atoms with Crippen LogP contribution in [0.5, 0.6) is 0 Å². The quantitative estimate of drug-likeness (QED) is 0.552. The summed E-state index contributed by atoms with van der Waals surface area (Å²) in [5.74, 6) is -0.201. The number of hydrogen-bond donors (Lipinski definition) is 0. The summed E-state index contributed by atoms with van der Waals surface area (Å²) in [5.41, 5.74) is 0. The van der Waals surface area contributed by atoms with Crippen LogP contribution in [-0.2, 0) is 9.90 Å². The van der Waals surface area contributed by atoms with Gasteiger partial charge in [0.1, 0.15) is 5.25 Å². The molecular formula is C4H5O2S2. The molecule has 0 spiro atoms. The van der Waals surface area contributed by atoms with E-state index in [0.29, 0.717) is 5.75 Å². The lowest BCUT2D eigenvalue weighted by atomic mass is 10.5. The van der Waals surface area contributed by atoms with E-state index in [9.17, 15) is 9.90 Å². The molecule has 1 fully saturated rings. The lowest BCUT2D eigenvalue weighted by Gasteiger charge is -1.92. The number of thioether (sulfide) groups is 2. The summed E-state index contributed by atoms with van der Waals surface area (Å²) < 4.78 is 0. The first-order valence-electron chi connectivity index (χ1n) is 2.21. The summed E-state index contributed by atoms with van der Waals surface area (Å²) in [4.78, 5) is 10.1. The third kappa shape index (κ3) is 1.32. The van der Waals surface area contributed by atoms with Gasteiger partial charge in [0.05, 0.1) is 0 Å². The van der Waals surface area contributed by atoms with Crippen LogP contribution in [0.2, 0.25) is 0 Å². The van der Waals surface area contributed by atoms with Gasteiger partial charge in [-0.15, -0.1) is 23.5 Å². The van der Waals surface area contributed by atoms with Crippen LogP contribution in [0.3, 0.4) is 0 Å². The Morgan fingerprint density at radius 2 is 2.38 bits per heavy atom. The Balaban J connectivity index is 2.35. The fraction of sp³-hybridized carbons (Fsp3) is 0.750. The Labute approximate surface area is 56.0 Å². The van der Waals surface area contributed by atoms with Crippen molar-refractivity contribution in [3.8, 4) is 0 Å². The van der Waals surface area contributed by atoms with E-state index >= 15 is 0 Å². The van der Waals surface area contributed by atoms with Gasteiger partial charge < -0.3 is 0 Å². The molecule has 1 rings (SSSR count). The minimum absolute atomic E-state index is 0.250. The van der Waals surface area contributed by atoms with Crippen molar-refractivity contribution in [3.63, 3.8) is 0 Å². The normalized spacial score (nSPS) is 28.2. The van der Waals surface area contributed by atoms with Crippen LogP contribution in [0.1, 0.15) is 0 Å². The van der Waals surface area contributed by atoms with Crippen LogP contribution in [0.15, 0.2) is 0 Å². The molecule has 1 heterocycles. The largest absolute Gasteiger partial charge is 0.369 e. The first-order chi connectivity index (χ1) is 3.80. The second-order valence-electron chi connectivity index (χ2n) is 1.46. The van der Waals surface area contributed by atoms with Crippen molar-refractivity contribution < 1.29 is 9.90 Å². The second-order valence-corrected chi connectivity index (χ2v) is 4.05. The lowest BCUT2D eigenvalue weighted by molar-refractivity contribution is -0.141. The van der Waals surface area contributed by atoms with Crippen LogP contribution >= 0.6 is 23.5 Å². The molecule has 1 unspecified atom stereocenters. The Morgan fingerprint density at radius 1 is 1.62 bits per heavy atom. The summed E-state index contributed by atoms with van der Waals surface area (Å²) in [6.07, 6.45) is 0. The first-order valence-corrected chi connectivity index (χ1v) is 4.41. The summed E-state index contributed by atoms with van der Waals surface area (Å²) in [6.45, 7) is 0. The van der Waals surface area contributed by atoms with Crippen LogP contribution in [0.25, 0.3) is 0 Å². The van der Waals surface area contributed by atoms with Gasteiger partial charge in [0.2, 0.25) is 0 Å². The standard InChI is InChI=1S/C4H5O2S2/c5-4(6)3-1-7-2-8-3/h3H,1-2H2. The smallest absolute Gasteiger partial charge is 0.246 e. The van der Waals surface area contributed by atoms with E-state index in [4.69, 9.17) is 0 Å². The van der Waals surface area contributed by atoms with Gasteiger partial charge in [0, 0.05) is 10.8 Å². The molecule has 0 amide bonds. The van der Waals surface area contributed by atoms with Crippen LogP contribution < -0.4 is 0 Å². The molecule has 0 N–H and O–H groups in total. The monoisotopic (exact) mass is 149 g/mol. The molecule has 1 aliphatic rings. The highest BCUT2D eigenvalue weighted by Crippen LogP contribution is 2.29. The van der Waals surface area contributed by atoms with Gasteiger partial charge >= 0.3 is 5.97 Å². The van der Waals surface area contributed by atoms with Gasteiger partial charge in [-0.3, -0.25) is 0 Å². The minimum Gasteiger partial charge on any atom is -0.246 e. The molecule has 4 heteroatoms. The Bertz CT molecular complexity index is 98.2. The van der Waals surface area contributed by atoms with Crippen molar-refractivity contribution >= 4 is 29.5 Å². The Morgan fingerprint density at radius 3 is 2.62 bits per heavy atom. The van der Waals surface area contributed by atoms with E-state index in [1.807, 2.05) is 0 Å². The van der Waals surface area contributed by atoms with Gasteiger partial charge in [-0.1, -0.05) is 0 Å². The summed E-state index contributed by atoms with van der Waals surface area (Å²) in [6, 6.07) is 0. The van der Waals surface area contributed by atoms with Crippen molar-refractivity contribution in [1.82, 2.24) is 0 Å². The zero-order chi connectivity index (χ0) is 5.98. The van der Waals surface area contributed by atoms with E-state index in [2.05, 4.69) is 0 Å². The molecule has 0 saturated carbocycles. The molecule has 1 saturated heterocycles. The van der Waals surface area contributed by atoms with E-state index in [1.54, 1.807) is 11.8 Å². The molecule has 0 aliphatic carbocycles. The topological polar surface area (TPSA) is 37.0 Å². The minimum atomic E-state index is -0.917. The molecule has 0 aromatic heterocycles. The SMILES string of the molecule is [O]C(=O)C1CSCS1. The van der Waals surface area contributed by atoms with Crippen molar-refractivity contribution in [3.05, 3.63) is 0 Å². The summed E-state index contributed by atoms with van der Waals surface area (Å²) >= 11 is 3.10. The lowest BCUT2D eigenvalue weighted by Crippen LogP contribution is -2.13. The van der Waals surface area contributed by atoms with Crippen LogP contribution in [0.4, 0.5) is 0 Å². The highest BCUT2D eigenvalue weighted by Gasteiger charge is 2.24. The van der Waals surface area contributed by atoms with Crippen molar-refractivity contribution in [2.75, 3.05) is 10.8 Å². The van der Waals surface area contributed by atoms with Gasteiger partial charge in [0.15, 0.2) is 0 Å². The van der Waals surface area contributed by atoms with Crippen LogP contribution in [0, 0.1) is 0 Å². The van der Waals surface area contributed by atoms with Gasteiger partial charge in [-0.05, 0) is 0 Å². The van der Waals surface area contributed by atoms with Crippen molar-refractivity contribution in [2.24, 2.45) is 0 Å². The molecular weight excluding hydrogens is 144 g/mol. The maximum Gasteiger partial charge on any atom is 0.369 e. The molecule has 0 bridgehead atoms. The third-order valence-electron chi connectivity index (χ3n) is 0.885. The van der Waals surface area contributed by atoms with Crippen molar-refractivity contribution in [1.29, 1.82) is 0 Å². The van der Waals surface area contributed by atoms with E-state index in [-0.39, 0.29) is 5.25 Å². The third-order valence-corrected chi connectivity index (χ3v) is 3.64. The molecule has 8 heavy (non-hydrogen) atoms. The van der Waals surface area contributed by atoms with Crippen LogP contribution in [-0.4, -0.2) is 22.1 Å². The average molecular weight is 149 g/mol. The average Bonchev–Trinajstić information content (AvgIpc) is 2.12. The predicted octanol–water partition coefficient (Wildman–Crippen LogP) is 0.750. The maximum atomic E-state index is 10.1. The molecule has 2 nitrogen and oxygen atoms in total. The second kappa shape index (κ2) is 2.64. The fourth-order valence-corrected chi connectivity index (χ4v) is 3.06. The molecule has 1 atom stereocenters. The van der Waals surface area contributed by atoms with E-state index < -0.39 is 5.97 Å². The molecule has 0 aromatic rings. The first kappa shape index (κ1) is 6.29. The molecule has 45 valence electrons. The molecule has 1 radical (unpaired) electrons. The van der Waals surface area contributed by atoms with Gasteiger partial charge in [-0.25, -0.2) is 9.90 Å². The summed E-state index contributed by atoms with van der Waals surface area (Å²) in [5, 5.41) is 10.7. The zero-order valence-electron chi connectivity index (χ0n) is 4.12.